The molecule has 0 saturated heterocycles. The first-order chi connectivity index (χ1) is 9.40. The lowest BCUT2D eigenvalue weighted by molar-refractivity contribution is -0.385. The van der Waals surface area contributed by atoms with Gasteiger partial charge in [0.05, 0.1) is 4.92 Å². The molecule has 0 amide bonds. The Labute approximate surface area is 115 Å². The third-order valence-corrected chi connectivity index (χ3v) is 3.67. The summed E-state index contributed by atoms with van der Waals surface area (Å²) in [6.07, 6.45) is 1.22. The molecule has 0 spiro atoms. The summed E-state index contributed by atoms with van der Waals surface area (Å²) in [6.45, 7) is 1.81. The van der Waals surface area contributed by atoms with Crippen LogP contribution in [0.15, 0.2) is 47.5 Å². The maximum atomic E-state index is 12.0. The maximum absolute atomic E-state index is 12.0. The van der Waals surface area contributed by atoms with Gasteiger partial charge in [-0.15, -0.1) is 0 Å². The molecule has 0 saturated carbocycles. The van der Waals surface area contributed by atoms with Crippen LogP contribution in [0, 0.1) is 17.0 Å². The van der Waals surface area contributed by atoms with Gasteiger partial charge in [0.1, 0.15) is 4.90 Å². The van der Waals surface area contributed by atoms with E-state index in [1.54, 1.807) is 19.1 Å². The third kappa shape index (κ3) is 2.91. The van der Waals surface area contributed by atoms with Gasteiger partial charge in [0.15, 0.2) is 0 Å². The van der Waals surface area contributed by atoms with E-state index in [4.69, 9.17) is 4.18 Å². The molecule has 20 heavy (non-hydrogen) atoms. The molecule has 8 heteroatoms. The van der Waals surface area contributed by atoms with Crippen molar-refractivity contribution in [3.63, 3.8) is 0 Å². The Bertz CT molecular complexity index is 741. The van der Waals surface area contributed by atoms with Gasteiger partial charge in [-0.2, -0.15) is 8.42 Å². The van der Waals surface area contributed by atoms with Gasteiger partial charge in [0.2, 0.25) is 0 Å². The number of aromatic nitrogens is 1. The number of nitro groups is 1. The quantitative estimate of drug-likeness (QED) is 0.486. The number of aryl methyl sites for hydroxylation is 1. The van der Waals surface area contributed by atoms with Crippen LogP contribution in [-0.2, 0) is 10.1 Å². The normalized spacial score (nSPS) is 11.1. The molecule has 7 nitrogen and oxygen atoms in total. The van der Waals surface area contributed by atoms with E-state index in [0.717, 1.165) is 11.6 Å². The molecule has 0 fully saturated rings. The first-order valence-electron chi connectivity index (χ1n) is 5.51. The van der Waals surface area contributed by atoms with Crippen molar-refractivity contribution in [1.82, 2.24) is 4.98 Å². The number of hydrogen-bond donors (Lipinski definition) is 0. The molecular formula is C12H10N2O5S. The van der Waals surface area contributed by atoms with E-state index in [9.17, 15) is 18.5 Å². The van der Waals surface area contributed by atoms with Crippen molar-refractivity contribution in [2.45, 2.75) is 11.8 Å². The second-order valence-corrected chi connectivity index (χ2v) is 5.48. The summed E-state index contributed by atoms with van der Waals surface area (Å²) < 4.78 is 28.7. The number of rotatable bonds is 4. The predicted molar refractivity (Wildman–Crippen MR) is 69.9 cm³/mol. The Balaban J connectivity index is 2.38. The highest BCUT2D eigenvalue weighted by atomic mass is 32.2. The van der Waals surface area contributed by atoms with Crippen molar-refractivity contribution in [1.29, 1.82) is 0 Å². The van der Waals surface area contributed by atoms with Gasteiger partial charge in [-0.25, -0.2) is 4.98 Å². The lowest BCUT2D eigenvalue weighted by Gasteiger charge is -2.06. The van der Waals surface area contributed by atoms with Crippen LogP contribution >= 0.6 is 0 Å². The van der Waals surface area contributed by atoms with E-state index >= 15 is 0 Å². The van der Waals surface area contributed by atoms with Gasteiger partial charge in [-0.05, 0) is 25.1 Å². The molecule has 1 aromatic heterocycles. The highest BCUT2D eigenvalue weighted by molar-refractivity contribution is 7.87. The summed E-state index contributed by atoms with van der Waals surface area (Å²) in [4.78, 5) is 13.5. The fourth-order valence-corrected chi connectivity index (χ4v) is 2.34. The van der Waals surface area contributed by atoms with Gasteiger partial charge < -0.3 is 4.18 Å². The predicted octanol–water partition coefficient (Wildman–Crippen LogP) is 2.07. The van der Waals surface area contributed by atoms with Crippen LogP contribution < -0.4 is 4.18 Å². The van der Waals surface area contributed by atoms with Crippen LogP contribution in [0.2, 0.25) is 0 Å². The minimum Gasteiger partial charge on any atom is -0.351 e. The van der Waals surface area contributed by atoms with Crippen LogP contribution in [0.1, 0.15) is 5.56 Å². The Hall–Kier alpha value is -2.48. The van der Waals surface area contributed by atoms with Crippen LogP contribution in [0.5, 0.6) is 5.88 Å². The zero-order chi connectivity index (χ0) is 14.8. The van der Waals surface area contributed by atoms with E-state index in [1.165, 1.54) is 24.4 Å². The summed E-state index contributed by atoms with van der Waals surface area (Å²) in [5, 5.41) is 10.8. The Morgan fingerprint density at radius 1 is 1.20 bits per heavy atom. The molecule has 0 aliphatic heterocycles. The molecular weight excluding hydrogens is 284 g/mol. The molecule has 104 valence electrons. The second kappa shape index (κ2) is 5.25. The van der Waals surface area contributed by atoms with E-state index < -0.39 is 26.6 Å². The van der Waals surface area contributed by atoms with E-state index in [-0.39, 0.29) is 4.90 Å². The zero-order valence-electron chi connectivity index (χ0n) is 10.4. The van der Waals surface area contributed by atoms with Crippen molar-refractivity contribution in [3.8, 4) is 5.88 Å². The van der Waals surface area contributed by atoms with Gasteiger partial charge in [-0.1, -0.05) is 17.7 Å². The van der Waals surface area contributed by atoms with E-state index in [1.807, 2.05) is 0 Å². The van der Waals surface area contributed by atoms with E-state index in [0.29, 0.717) is 0 Å². The minimum atomic E-state index is -4.15. The van der Waals surface area contributed by atoms with Crippen molar-refractivity contribution in [2.75, 3.05) is 0 Å². The maximum Gasteiger partial charge on any atom is 0.340 e. The van der Waals surface area contributed by atoms with Crippen molar-refractivity contribution in [3.05, 3.63) is 58.3 Å². The summed E-state index contributed by atoms with van der Waals surface area (Å²) in [5.41, 5.74) is 0.371. The second-order valence-electron chi connectivity index (χ2n) is 3.94. The van der Waals surface area contributed by atoms with Crippen molar-refractivity contribution in [2.24, 2.45) is 0 Å². The molecule has 0 radical (unpaired) electrons. The lowest BCUT2D eigenvalue weighted by atomic mass is 10.2. The summed E-state index contributed by atoms with van der Waals surface area (Å²) >= 11 is 0. The van der Waals surface area contributed by atoms with Gasteiger partial charge in [-0.3, -0.25) is 10.1 Å². The standard InChI is InChI=1S/C12H10N2O5S/c1-9-4-6-10(7-5-9)20(17,18)19-12-11(14(15)16)3-2-8-13-12/h2-8H,1H3. The number of pyridine rings is 1. The monoisotopic (exact) mass is 294 g/mol. The topological polar surface area (TPSA) is 99.4 Å². The average molecular weight is 294 g/mol. The Morgan fingerprint density at radius 2 is 1.85 bits per heavy atom. The minimum absolute atomic E-state index is 0.0944. The number of nitrogens with zero attached hydrogens (tertiary/aromatic N) is 2. The molecule has 2 aromatic rings. The van der Waals surface area contributed by atoms with Crippen LogP contribution in [0.4, 0.5) is 5.69 Å². The fourth-order valence-electron chi connectivity index (χ4n) is 1.44. The highest BCUT2D eigenvalue weighted by Crippen LogP contribution is 2.26. The van der Waals surface area contributed by atoms with Gasteiger partial charge in [0.25, 0.3) is 0 Å². The molecule has 0 N–H and O–H groups in total. The Kier molecular flexibility index (Phi) is 3.66. The molecule has 0 atom stereocenters. The molecule has 0 bridgehead atoms. The highest BCUT2D eigenvalue weighted by Gasteiger charge is 2.24. The average Bonchev–Trinajstić information content (AvgIpc) is 2.39. The largest absolute Gasteiger partial charge is 0.351 e. The molecule has 0 aliphatic rings. The van der Waals surface area contributed by atoms with Crippen molar-refractivity contribution < 1.29 is 17.5 Å². The van der Waals surface area contributed by atoms with Crippen LogP contribution in [0.25, 0.3) is 0 Å². The van der Waals surface area contributed by atoms with Gasteiger partial charge in [0, 0.05) is 12.3 Å². The molecule has 1 aromatic carbocycles. The lowest BCUT2D eigenvalue weighted by Crippen LogP contribution is -2.11. The molecule has 0 unspecified atom stereocenters. The molecule has 0 aliphatic carbocycles. The fraction of sp³-hybridized carbons (Fsp3) is 0.0833. The Morgan fingerprint density at radius 3 is 2.45 bits per heavy atom. The first-order valence-corrected chi connectivity index (χ1v) is 6.91. The molecule has 1 heterocycles. The van der Waals surface area contributed by atoms with Crippen LogP contribution in [-0.4, -0.2) is 18.3 Å². The summed E-state index contributed by atoms with van der Waals surface area (Å²) in [5.74, 6) is -0.557. The number of benzene rings is 1. The summed E-state index contributed by atoms with van der Waals surface area (Å²) in [7, 11) is -4.15. The van der Waals surface area contributed by atoms with Crippen molar-refractivity contribution >= 4 is 15.8 Å². The number of hydrogen-bond acceptors (Lipinski definition) is 6. The third-order valence-electron chi connectivity index (χ3n) is 2.45. The SMILES string of the molecule is Cc1ccc(S(=O)(=O)Oc2ncccc2[N+](=O)[O-])cc1. The summed E-state index contributed by atoms with van der Waals surface area (Å²) in [6, 6.07) is 8.36. The smallest absolute Gasteiger partial charge is 0.340 e. The van der Waals surface area contributed by atoms with Gasteiger partial charge >= 0.3 is 21.7 Å². The zero-order valence-corrected chi connectivity index (χ0v) is 11.2. The first kappa shape index (κ1) is 13.9. The molecule has 2 rings (SSSR count). The van der Waals surface area contributed by atoms with E-state index in [2.05, 4.69) is 4.98 Å². The van der Waals surface area contributed by atoms with Crippen LogP contribution in [0.3, 0.4) is 0 Å².